The van der Waals surface area contributed by atoms with Crippen LogP contribution in [0.15, 0.2) is 0 Å². The van der Waals surface area contributed by atoms with E-state index in [0.29, 0.717) is 18.1 Å². The molecule has 2 saturated heterocycles. The van der Waals surface area contributed by atoms with Crippen molar-refractivity contribution >= 4 is 29.5 Å². The summed E-state index contributed by atoms with van der Waals surface area (Å²) in [5, 5.41) is 6.01. The van der Waals surface area contributed by atoms with Crippen LogP contribution in [0, 0.1) is 5.92 Å². The maximum atomic E-state index is 12.8. The van der Waals surface area contributed by atoms with E-state index in [0.717, 1.165) is 19.4 Å². The highest BCUT2D eigenvalue weighted by Gasteiger charge is 2.38. The molecular weight excluding hydrogens is 316 g/mol. The molecule has 2 aliphatic rings. The molecule has 8 heteroatoms. The van der Waals surface area contributed by atoms with Crippen molar-refractivity contribution in [2.24, 2.45) is 11.7 Å². The zero-order valence-electron chi connectivity index (χ0n) is 13.7. The van der Waals surface area contributed by atoms with Crippen LogP contribution in [-0.4, -0.2) is 58.9 Å². The minimum absolute atomic E-state index is 0.135. The third-order valence-electron chi connectivity index (χ3n) is 4.19. The first-order valence-electron chi connectivity index (χ1n) is 8.11. The van der Waals surface area contributed by atoms with E-state index < -0.39 is 18.0 Å². The van der Waals surface area contributed by atoms with E-state index in [-0.39, 0.29) is 23.8 Å². The van der Waals surface area contributed by atoms with Crippen molar-refractivity contribution in [3.05, 3.63) is 0 Å². The van der Waals surface area contributed by atoms with Gasteiger partial charge in [-0.2, -0.15) is 0 Å². The standard InChI is InChI=1S/C15H26N4O3S/c1-9(2)6-11(18-14(21)10-4-3-5-17-10)15(22)19-8-23-7-12(19)13(16)20/h9-12,17H,3-8H2,1-2H3,(H2,16,20)(H,18,21)/t10-,11-,12+/m0/s1. The van der Waals surface area contributed by atoms with E-state index in [2.05, 4.69) is 10.6 Å². The molecule has 130 valence electrons. The molecule has 0 spiro atoms. The molecule has 0 aromatic carbocycles. The van der Waals surface area contributed by atoms with Gasteiger partial charge in [-0.15, -0.1) is 11.8 Å². The van der Waals surface area contributed by atoms with E-state index >= 15 is 0 Å². The predicted octanol–water partition coefficient (Wildman–Crippen LogP) is -0.344. The van der Waals surface area contributed by atoms with Crippen molar-refractivity contribution in [1.82, 2.24) is 15.5 Å². The van der Waals surface area contributed by atoms with Crippen molar-refractivity contribution in [1.29, 1.82) is 0 Å². The fourth-order valence-corrected chi connectivity index (χ4v) is 4.15. The molecule has 4 N–H and O–H groups in total. The maximum absolute atomic E-state index is 12.8. The summed E-state index contributed by atoms with van der Waals surface area (Å²) in [7, 11) is 0. The summed E-state index contributed by atoms with van der Waals surface area (Å²) in [5.41, 5.74) is 5.38. The van der Waals surface area contributed by atoms with Crippen molar-refractivity contribution in [3.63, 3.8) is 0 Å². The van der Waals surface area contributed by atoms with E-state index in [9.17, 15) is 14.4 Å². The first kappa shape index (κ1) is 18.1. The topological polar surface area (TPSA) is 105 Å². The van der Waals surface area contributed by atoms with E-state index in [1.54, 1.807) is 0 Å². The Bertz CT molecular complexity index is 466. The molecule has 2 rings (SSSR count). The molecule has 2 fully saturated rings. The highest BCUT2D eigenvalue weighted by atomic mass is 32.2. The van der Waals surface area contributed by atoms with Gasteiger partial charge < -0.3 is 21.3 Å². The Kier molecular flexibility index (Phi) is 6.29. The Hall–Kier alpha value is -1.28. The lowest BCUT2D eigenvalue weighted by Crippen LogP contribution is -2.55. The largest absolute Gasteiger partial charge is 0.368 e. The van der Waals surface area contributed by atoms with Crippen molar-refractivity contribution in [3.8, 4) is 0 Å². The minimum atomic E-state index is -0.606. The summed E-state index contributed by atoms with van der Waals surface area (Å²) >= 11 is 1.51. The first-order chi connectivity index (χ1) is 10.9. The number of nitrogens with zero attached hydrogens (tertiary/aromatic N) is 1. The summed E-state index contributed by atoms with van der Waals surface area (Å²) in [6.45, 7) is 4.84. The van der Waals surface area contributed by atoms with Crippen molar-refractivity contribution in [2.45, 2.75) is 51.2 Å². The number of nitrogens with two attached hydrogens (primary N) is 1. The van der Waals surface area contributed by atoms with E-state index in [1.165, 1.54) is 16.7 Å². The molecular formula is C15H26N4O3S. The third-order valence-corrected chi connectivity index (χ3v) is 5.20. The highest BCUT2D eigenvalue weighted by Crippen LogP contribution is 2.23. The smallest absolute Gasteiger partial charge is 0.246 e. The number of carbonyl (C=O) groups is 3. The predicted molar refractivity (Wildman–Crippen MR) is 89.6 cm³/mol. The van der Waals surface area contributed by atoms with Crippen LogP contribution in [0.3, 0.4) is 0 Å². The average Bonchev–Trinajstić information content (AvgIpc) is 3.16. The number of hydrogen-bond acceptors (Lipinski definition) is 5. The summed E-state index contributed by atoms with van der Waals surface area (Å²) in [4.78, 5) is 38.2. The van der Waals surface area contributed by atoms with E-state index in [1.807, 2.05) is 13.8 Å². The summed E-state index contributed by atoms with van der Waals surface area (Å²) in [6.07, 6.45) is 2.30. The SMILES string of the molecule is CC(C)C[C@H](NC(=O)[C@@H]1CCCN1)C(=O)N1CSC[C@@H]1C(N)=O. The maximum Gasteiger partial charge on any atom is 0.246 e. The monoisotopic (exact) mass is 342 g/mol. The molecule has 23 heavy (non-hydrogen) atoms. The summed E-state index contributed by atoms with van der Waals surface area (Å²) in [6, 6.07) is -1.41. The van der Waals surface area contributed by atoms with Gasteiger partial charge in [-0.25, -0.2) is 0 Å². The minimum Gasteiger partial charge on any atom is -0.368 e. The molecule has 0 radical (unpaired) electrons. The number of primary amides is 1. The Morgan fingerprint density at radius 2 is 2.13 bits per heavy atom. The van der Waals surface area contributed by atoms with Gasteiger partial charge in [0.2, 0.25) is 17.7 Å². The molecule has 7 nitrogen and oxygen atoms in total. The van der Waals surface area contributed by atoms with Gasteiger partial charge in [-0.05, 0) is 31.7 Å². The van der Waals surface area contributed by atoms with Crippen molar-refractivity contribution in [2.75, 3.05) is 18.2 Å². The van der Waals surface area contributed by atoms with Crippen LogP contribution in [0.1, 0.15) is 33.1 Å². The first-order valence-corrected chi connectivity index (χ1v) is 9.27. The lowest BCUT2D eigenvalue weighted by molar-refractivity contribution is -0.140. The normalized spacial score (nSPS) is 25.6. The quantitative estimate of drug-likeness (QED) is 0.612. The second kappa shape index (κ2) is 8.01. The Morgan fingerprint density at radius 1 is 1.39 bits per heavy atom. The number of hydrogen-bond donors (Lipinski definition) is 3. The third kappa shape index (κ3) is 4.60. The van der Waals surface area contributed by atoms with Gasteiger partial charge in [0.15, 0.2) is 0 Å². The molecule has 0 unspecified atom stereocenters. The van der Waals surface area contributed by atoms with Crippen LogP contribution in [0.5, 0.6) is 0 Å². The van der Waals surface area contributed by atoms with Crippen LogP contribution < -0.4 is 16.4 Å². The van der Waals surface area contributed by atoms with Crippen LogP contribution in [-0.2, 0) is 14.4 Å². The lowest BCUT2D eigenvalue weighted by Gasteiger charge is -2.28. The number of nitrogens with one attached hydrogen (secondary N) is 2. The molecule has 0 aromatic heterocycles. The van der Waals surface area contributed by atoms with Gasteiger partial charge in [0.1, 0.15) is 12.1 Å². The van der Waals surface area contributed by atoms with Gasteiger partial charge in [0, 0.05) is 5.75 Å². The van der Waals surface area contributed by atoms with E-state index in [4.69, 9.17) is 5.73 Å². The second-order valence-electron chi connectivity index (χ2n) is 6.57. The molecule has 0 aromatic rings. The number of thioether (sulfide) groups is 1. The molecule has 2 aliphatic heterocycles. The van der Waals surface area contributed by atoms with Gasteiger partial charge in [-0.1, -0.05) is 13.8 Å². The van der Waals surface area contributed by atoms with Gasteiger partial charge in [0.25, 0.3) is 0 Å². The second-order valence-corrected chi connectivity index (χ2v) is 7.57. The molecule has 0 bridgehead atoms. The number of carbonyl (C=O) groups excluding carboxylic acids is 3. The average molecular weight is 342 g/mol. The fraction of sp³-hybridized carbons (Fsp3) is 0.800. The molecule has 0 saturated carbocycles. The van der Waals surface area contributed by atoms with Crippen LogP contribution in [0.2, 0.25) is 0 Å². The van der Waals surface area contributed by atoms with Gasteiger partial charge >= 0.3 is 0 Å². The number of rotatable bonds is 6. The van der Waals surface area contributed by atoms with Crippen molar-refractivity contribution < 1.29 is 14.4 Å². The van der Waals surface area contributed by atoms with Crippen LogP contribution in [0.4, 0.5) is 0 Å². The summed E-state index contributed by atoms with van der Waals surface area (Å²) < 4.78 is 0. The van der Waals surface area contributed by atoms with Gasteiger partial charge in [0.05, 0.1) is 11.9 Å². The molecule has 3 amide bonds. The van der Waals surface area contributed by atoms with Gasteiger partial charge in [-0.3, -0.25) is 14.4 Å². The number of amides is 3. The zero-order chi connectivity index (χ0) is 17.0. The molecule has 0 aliphatic carbocycles. The highest BCUT2D eigenvalue weighted by molar-refractivity contribution is 7.99. The Labute approximate surface area is 141 Å². The zero-order valence-corrected chi connectivity index (χ0v) is 14.5. The Balaban J connectivity index is 2.05. The van der Waals surface area contributed by atoms with Crippen LogP contribution >= 0.6 is 11.8 Å². The Morgan fingerprint density at radius 3 is 2.70 bits per heavy atom. The fourth-order valence-electron chi connectivity index (χ4n) is 2.97. The molecule has 2 heterocycles. The van der Waals surface area contributed by atoms with Crippen LogP contribution in [0.25, 0.3) is 0 Å². The lowest BCUT2D eigenvalue weighted by atomic mass is 10.0. The summed E-state index contributed by atoms with van der Waals surface area (Å²) in [5.74, 6) is 0.382. The molecule has 3 atom stereocenters.